The van der Waals surface area contributed by atoms with Gasteiger partial charge in [-0.3, -0.25) is 0 Å². The third-order valence-electron chi connectivity index (χ3n) is 6.11. The van der Waals surface area contributed by atoms with Gasteiger partial charge in [0.1, 0.15) is 0 Å². The van der Waals surface area contributed by atoms with Gasteiger partial charge in [0, 0.05) is 16.8 Å². The molecule has 1 heteroatoms. The molecule has 1 atom stereocenters. The van der Waals surface area contributed by atoms with Crippen LogP contribution in [0.15, 0.2) is 97.1 Å². The molecule has 0 N–H and O–H groups in total. The molecule has 0 spiro atoms. The normalized spacial score (nSPS) is 13.1. The Balaban J connectivity index is 1.83. The standard InChI is InChI=1S/C28H25N/c1-3-20(2)21-11-10-12-22(19-21)29-27-17-8-6-15-25(27)23-13-4-5-14-24(23)26-16-7-9-18-28(26)29/h4-20H,3H2,1-2H3. The highest BCUT2D eigenvalue weighted by Gasteiger charge is 2.25. The van der Waals surface area contributed by atoms with E-state index in [-0.39, 0.29) is 0 Å². The van der Waals surface area contributed by atoms with Crippen molar-refractivity contribution in [1.82, 2.24) is 0 Å². The molecule has 0 aliphatic carbocycles. The smallest absolute Gasteiger partial charge is 0.0540 e. The maximum absolute atomic E-state index is 2.43. The topological polar surface area (TPSA) is 3.24 Å². The molecular formula is C28H25N. The molecule has 0 radical (unpaired) electrons. The molecule has 1 heterocycles. The molecule has 1 aliphatic rings. The van der Waals surface area contributed by atoms with E-state index in [1.807, 2.05) is 0 Å². The molecule has 0 fully saturated rings. The van der Waals surface area contributed by atoms with Gasteiger partial charge in [0.2, 0.25) is 0 Å². The first-order valence-corrected chi connectivity index (χ1v) is 10.5. The molecule has 142 valence electrons. The van der Waals surface area contributed by atoms with Gasteiger partial charge in [-0.15, -0.1) is 0 Å². The van der Waals surface area contributed by atoms with Crippen LogP contribution in [-0.2, 0) is 0 Å². The number of para-hydroxylation sites is 2. The van der Waals surface area contributed by atoms with Crippen LogP contribution in [0.5, 0.6) is 0 Å². The number of benzene rings is 4. The lowest BCUT2D eigenvalue weighted by molar-refractivity contribution is 0.733. The molecule has 1 aliphatic heterocycles. The second-order valence-electron chi connectivity index (χ2n) is 7.82. The summed E-state index contributed by atoms with van der Waals surface area (Å²) in [6.07, 6.45) is 1.14. The summed E-state index contributed by atoms with van der Waals surface area (Å²) in [5.41, 5.74) is 10.2. The van der Waals surface area contributed by atoms with Crippen molar-refractivity contribution in [2.24, 2.45) is 0 Å². The zero-order valence-electron chi connectivity index (χ0n) is 17.0. The van der Waals surface area contributed by atoms with Crippen LogP contribution in [0.2, 0.25) is 0 Å². The number of hydrogen-bond donors (Lipinski definition) is 0. The minimum atomic E-state index is 0.546. The summed E-state index contributed by atoms with van der Waals surface area (Å²) < 4.78 is 0. The summed E-state index contributed by atoms with van der Waals surface area (Å²) in [7, 11) is 0. The van der Waals surface area contributed by atoms with Gasteiger partial charge in [-0.2, -0.15) is 0 Å². The van der Waals surface area contributed by atoms with Crippen LogP contribution in [0, 0.1) is 0 Å². The lowest BCUT2D eigenvalue weighted by atomic mass is 9.95. The Morgan fingerprint density at radius 1 is 0.621 bits per heavy atom. The molecule has 1 nitrogen and oxygen atoms in total. The van der Waals surface area contributed by atoms with E-state index in [4.69, 9.17) is 0 Å². The minimum absolute atomic E-state index is 0.546. The molecular weight excluding hydrogens is 350 g/mol. The molecule has 0 saturated carbocycles. The van der Waals surface area contributed by atoms with Crippen molar-refractivity contribution in [3.05, 3.63) is 103 Å². The molecule has 0 bridgehead atoms. The number of fused-ring (bicyclic) bond motifs is 5. The van der Waals surface area contributed by atoms with E-state index < -0.39 is 0 Å². The maximum Gasteiger partial charge on any atom is 0.0540 e. The van der Waals surface area contributed by atoms with Crippen LogP contribution in [0.4, 0.5) is 17.1 Å². The van der Waals surface area contributed by atoms with Gasteiger partial charge in [-0.25, -0.2) is 0 Å². The average Bonchev–Trinajstić information content (AvgIpc) is 2.91. The van der Waals surface area contributed by atoms with Crippen LogP contribution in [0.25, 0.3) is 22.3 Å². The number of rotatable bonds is 3. The predicted molar refractivity (Wildman–Crippen MR) is 124 cm³/mol. The first-order chi connectivity index (χ1) is 14.3. The predicted octanol–water partition coefficient (Wildman–Crippen LogP) is 8.32. The maximum atomic E-state index is 2.43. The van der Waals surface area contributed by atoms with Gasteiger partial charge < -0.3 is 4.90 Å². The van der Waals surface area contributed by atoms with Crippen LogP contribution in [0.3, 0.4) is 0 Å². The molecule has 29 heavy (non-hydrogen) atoms. The summed E-state index contributed by atoms with van der Waals surface area (Å²) >= 11 is 0. The van der Waals surface area contributed by atoms with Crippen molar-refractivity contribution >= 4 is 17.1 Å². The summed E-state index contributed by atoms with van der Waals surface area (Å²) in [4.78, 5) is 2.43. The highest BCUT2D eigenvalue weighted by atomic mass is 15.1. The van der Waals surface area contributed by atoms with E-state index >= 15 is 0 Å². The third-order valence-corrected chi connectivity index (χ3v) is 6.11. The van der Waals surface area contributed by atoms with Crippen molar-refractivity contribution in [2.45, 2.75) is 26.2 Å². The number of anilines is 3. The molecule has 4 aromatic carbocycles. The lowest BCUT2D eigenvalue weighted by Gasteiger charge is -2.28. The second-order valence-corrected chi connectivity index (χ2v) is 7.82. The van der Waals surface area contributed by atoms with E-state index in [9.17, 15) is 0 Å². The highest BCUT2D eigenvalue weighted by Crippen LogP contribution is 2.50. The Bertz CT molecular complexity index is 1110. The second kappa shape index (κ2) is 7.25. The first kappa shape index (κ1) is 17.8. The highest BCUT2D eigenvalue weighted by molar-refractivity contribution is 6.02. The summed E-state index contributed by atoms with van der Waals surface area (Å²) in [5, 5.41) is 0. The van der Waals surface area contributed by atoms with Crippen molar-refractivity contribution in [1.29, 1.82) is 0 Å². The Morgan fingerprint density at radius 3 is 1.69 bits per heavy atom. The number of nitrogens with zero attached hydrogens (tertiary/aromatic N) is 1. The van der Waals surface area contributed by atoms with Crippen LogP contribution >= 0.6 is 0 Å². The summed E-state index contributed by atoms with van der Waals surface area (Å²) in [6.45, 7) is 4.56. The fourth-order valence-corrected chi connectivity index (χ4v) is 4.36. The van der Waals surface area contributed by atoms with Gasteiger partial charge in [0.05, 0.1) is 11.4 Å². The van der Waals surface area contributed by atoms with Gasteiger partial charge >= 0.3 is 0 Å². The Labute approximate surface area is 173 Å². The monoisotopic (exact) mass is 375 g/mol. The van der Waals surface area contributed by atoms with Gasteiger partial charge in [0.25, 0.3) is 0 Å². The quantitative estimate of drug-likeness (QED) is 0.306. The summed E-state index contributed by atoms with van der Waals surface area (Å²) in [5.74, 6) is 0.546. The molecule has 1 unspecified atom stereocenters. The fourth-order valence-electron chi connectivity index (χ4n) is 4.36. The Hall–Kier alpha value is -3.32. The SMILES string of the molecule is CCC(C)c1cccc(N2c3ccccc3-c3ccccc3-c3ccccc32)c1. The van der Waals surface area contributed by atoms with Gasteiger partial charge in [-0.1, -0.05) is 86.6 Å². The molecule has 5 rings (SSSR count). The fraction of sp³-hybridized carbons (Fsp3) is 0.143. The third kappa shape index (κ3) is 2.94. The van der Waals surface area contributed by atoms with E-state index in [2.05, 4.69) is 116 Å². The zero-order chi connectivity index (χ0) is 19.8. The molecule has 0 aromatic heterocycles. The average molecular weight is 376 g/mol. The van der Waals surface area contributed by atoms with E-state index in [0.717, 1.165) is 6.42 Å². The Kier molecular flexibility index (Phi) is 4.44. The van der Waals surface area contributed by atoms with Crippen LogP contribution < -0.4 is 4.90 Å². The Morgan fingerprint density at radius 2 is 1.14 bits per heavy atom. The summed E-state index contributed by atoms with van der Waals surface area (Å²) in [6, 6.07) is 35.3. The lowest BCUT2D eigenvalue weighted by Crippen LogP contribution is -2.11. The number of hydrogen-bond acceptors (Lipinski definition) is 1. The van der Waals surface area contributed by atoms with Gasteiger partial charge in [-0.05, 0) is 53.3 Å². The van der Waals surface area contributed by atoms with Crippen molar-refractivity contribution in [3.63, 3.8) is 0 Å². The molecule has 0 saturated heterocycles. The van der Waals surface area contributed by atoms with Crippen molar-refractivity contribution < 1.29 is 0 Å². The van der Waals surface area contributed by atoms with Crippen molar-refractivity contribution in [2.75, 3.05) is 4.90 Å². The minimum Gasteiger partial charge on any atom is -0.309 e. The molecule has 0 amide bonds. The van der Waals surface area contributed by atoms with E-state index in [1.165, 1.54) is 44.9 Å². The largest absolute Gasteiger partial charge is 0.309 e. The van der Waals surface area contributed by atoms with Crippen molar-refractivity contribution in [3.8, 4) is 22.3 Å². The van der Waals surface area contributed by atoms with E-state index in [0.29, 0.717) is 5.92 Å². The van der Waals surface area contributed by atoms with E-state index in [1.54, 1.807) is 0 Å². The van der Waals surface area contributed by atoms with Crippen LogP contribution in [0.1, 0.15) is 31.7 Å². The molecule has 4 aromatic rings. The zero-order valence-corrected chi connectivity index (χ0v) is 17.0. The first-order valence-electron chi connectivity index (χ1n) is 10.5. The van der Waals surface area contributed by atoms with Gasteiger partial charge in [0.15, 0.2) is 0 Å². The van der Waals surface area contributed by atoms with Crippen LogP contribution in [-0.4, -0.2) is 0 Å².